The van der Waals surface area contributed by atoms with Gasteiger partial charge in [0.15, 0.2) is 0 Å². The average molecular weight is 535 g/mol. The van der Waals surface area contributed by atoms with Crippen LogP contribution in [0.1, 0.15) is 58.9 Å². The molecule has 2 aromatic rings. The Morgan fingerprint density at radius 1 is 0.972 bits per heavy atom. The molecule has 6 nitrogen and oxygen atoms in total. The molecule has 0 spiro atoms. The van der Waals surface area contributed by atoms with E-state index in [1.165, 1.54) is 19.1 Å². The van der Waals surface area contributed by atoms with Crippen molar-refractivity contribution in [3.8, 4) is 11.5 Å². The third kappa shape index (κ3) is 6.56. The van der Waals surface area contributed by atoms with E-state index in [4.69, 9.17) is 13.8 Å². The Labute approximate surface area is 205 Å². The molecular formula is C24H27F5NO5P. The van der Waals surface area contributed by atoms with Crippen LogP contribution in [0.5, 0.6) is 11.5 Å². The van der Waals surface area contributed by atoms with Crippen molar-refractivity contribution in [3.05, 3.63) is 58.9 Å². The zero-order valence-corrected chi connectivity index (χ0v) is 21.1. The Morgan fingerprint density at radius 3 is 1.97 bits per heavy atom. The van der Waals surface area contributed by atoms with Crippen LogP contribution in [0, 0.1) is 29.1 Å². The molecule has 0 aromatic heterocycles. The van der Waals surface area contributed by atoms with Crippen LogP contribution in [-0.2, 0) is 19.5 Å². The zero-order chi connectivity index (χ0) is 26.8. The minimum absolute atomic E-state index is 0.0769. The smallest absolute Gasteiger partial charge is 0.462 e. The number of hydrogen-bond acceptors (Lipinski definition) is 5. The lowest BCUT2D eigenvalue weighted by atomic mass is 9.87. The van der Waals surface area contributed by atoms with Crippen molar-refractivity contribution in [1.29, 1.82) is 0 Å². The van der Waals surface area contributed by atoms with Gasteiger partial charge >= 0.3 is 13.7 Å². The molecular weight excluding hydrogens is 508 g/mol. The first-order valence-electron chi connectivity index (χ1n) is 11.3. The van der Waals surface area contributed by atoms with Crippen molar-refractivity contribution in [1.82, 2.24) is 5.09 Å². The number of nitrogens with one attached hydrogen (secondary N) is 1. The molecule has 1 unspecified atom stereocenters. The molecule has 1 aliphatic rings. The molecule has 198 valence electrons. The monoisotopic (exact) mass is 535 g/mol. The SMILES string of the molecule is C[C@@H](CC(=O)OC1CCC1)NP(=O)(Oc1ccc(C(C)(C)C)cc1)Oc1c(F)c(F)c(F)c(F)c1F. The highest BCUT2D eigenvalue weighted by Gasteiger charge is 2.37. The van der Waals surface area contributed by atoms with E-state index in [-0.39, 0.29) is 23.7 Å². The van der Waals surface area contributed by atoms with Crippen LogP contribution in [0.4, 0.5) is 22.0 Å². The van der Waals surface area contributed by atoms with Crippen LogP contribution in [0.2, 0.25) is 0 Å². The number of ether oxygens (including phenoxy) is 1. The average Bonchev–Trinajstić information content (AvgIpc) is 2.76. The maximum atomic E-state index is 14.3. The summed E-state index contributed by atoms with van der Waals surface area (Å²) in [6.07, 6.45) is 1.84. The van der Waals surface area contributed by atoms with E-state index in [0.717, 1.165) is 24.8 Å². The van der Waals surface area contributed by atoms with Crippen molar-refractivity contribution < 1.29 is 45.1 Å². The van der Waals surface area contributed by atoms with Gasteiger partial charge in [-0.1, -0.05) is 32.9 Å². The fourth-order valence-electron chi connectivity index (χ4n) is 3.30. The molecule has 0 heterocycles. The molecule has 1 aliphatic carbocycles. The highest BCUT2D eigenvalue weighted by atomic mass is 31.2. The number of hydrogen-bond donors (Lipinski definition) is 1. The molecule has 1 N–H and O–H groups in total. The standard InChI is InChI=1S/C24H27F5NO5P/c1-13(12-17(31)33-15-6-5-7-15)30-36(32,34-16-10-8-14(9-11-16)24(2,3)4)35-23-21(28)19(26)18(25)20(27)22(23)29/h8-11,13,15H,5-7,12H2,1-4H3,(H,30,32)/t13-,36?/m0/s1. The lowest BCUT2D eigenvalue weighted by Gasteiger charge is -2.27. The van der Waals surface area contributed by atoms with Crippen LogP contribution in [-0.4, -0.2) is 18.1 Å². The third-order valence-corrected chi connectivity index (χ3v) is 7.16. The van der Waals surface area contributed by atoms with E-state index < -0.39 is 54.6 Å². The summed E-state index contributed by atoms with van der Waals surface area (Å²) in [5.41, 5.74) is 0.646. The van der Waals surface area contributed by atoms with Gasteiger partial charge in [0.05, 0.1) is 6.42 Å². The molecule has 2 aromatic carbocycles. The van der Waals surface area contributed by atoms with Crippen molar-refractivity contribution >= 4 is 13.7 Å². The largest absolute Gasteiger partial charge is 0.513 e. The molecule has 0 amide bonds. The first kappa shape index (κ1) is 27.9. The molecule has 12 heteroatoms. The van der Waals surface area contributed by atoms with E-state index in [9.17, 15) is 31.3 Å². The normalized spacial score (nSPS) is 16.6. The number of benzene rings is 2. The minimum Gasteiger partial charge on any atom is -0.462 e. The second kappa shape index (κ2) is 10.8. The fourth-order valence-corrected chi connectivity index (χ4v) is 4.87. The predicted molar refractivity (Wildman–Crippen MR) is 121 cm³/mol. The quantitative estimate of drug-likeness (QED) is 0.127. The van der Waals surface area contributed by atoms with E-state index >= 15 is 0 Å². The number of carbonyl (C=O) groups is 1. The van der Waals surface area contributed by atoms with Crippen molar-refractivity contribution in [2.45, 2.75) is 70.9 Å². The Kier molecular flexibility index (Phi) is 8.35. The van der Waals surface area contributed by atoms with Crippen LogP contribution in [0.25, 0.3) is 0 Å². The molecule has 36 heavy (non-hydrogen) atoms. The maximum absolute atomic E-state index is 14.3. The number of halogens is 5. The van der Waals surface area contributed by atoms with E-state index in [0.29, 0.717) is 0 Å². The van der Waals surface area contributed by atoms with Crippen LogP contribution in [0.3, 0.4) is 0 Å². The molecule has 0 aliphatic heterocycles. The molecule has 0 bridgehead atoms. The lowest BCUT2D eigenvalue weighted by molar-refractivity contribution is -0.153. The predicted octanol–water partition coefficient (Wildman–Crippen LogP) is 6.71. The van der Waals surface area contributed by atoms with Gasteiger partial charge in [0.1, 0.15) is 11.9 Å². The lowest BCUT2D eigenvalue weighted by Crippen LogP contribution is -2.33. The van der Waals surface area contributed by atoms with E-state index in [1.807, 2.05) is 20.8 Å². The summed E-state index contributed by atoms with van der Waals surface area (Å²) in [7, 11) is -4.86. The Bertz CT molecular complexity index is 1140. The molecule has 0 saturated heterocycles. The van der Waals surface area contributed by atoms with Gasteiger partial charge in [-0.05, 0) is 49.3 Å². The summed E-state index contributed by atoms with van der Waals surface area (Å²) in [6.45, 7) is 7.24. The summed E-state index contributed by atoms with van der Waals surface area (Å²) in [4.78, 5) is 12.1. The first-order chi connectivity index (χ1) is 16.7. The van der Waals surface area contributed by atoms with Crippen LogP contribution < -0.4 is 14.1 Å². The van der Waals surface area contributed by atoms with E-state index in [1.54, 1.807) is 12.1 Å². The van der Waals surface area contributed by atoms with Gasteiger partial charge in [-0.2, -0.15) is 13.9 Å². The Balaban J connectivity index is 1.89. The number of esters is 1. The molecule has 2 atom stereocenters. The summed E-state index contributed by atoms with van der Waals surface area (Å²) >= 11 is 0. The second-order valence-corrected chi connectivity index (χ2v) is 11.2. The van der Waals surface area contributed by atoms with Crippen molar-refractivity contribution in [2.24, 2.45) is 0 Å². The summed E-state index contributed by atoms with van der Waals surface area (Å²) < 4.78 is 98.3. The summed E-state index contributed by atoms with van der Waals surface area (Å²) in [5, 5.41) is 2.32. The third-order valence-electron chi connectivity index (χ3n) is 5.53. The topological polar surface area (TPSA) is 73.9 Å². The van der Waals surface area contributed by atoms with Gasteiger partial charge in [-0.3, -0.25) is 4.79 Å². The summed E-state index contributed by atoms with van der Waals surface area (Å²) in [5.74, 6) is -14.1. The van der Waals surface area contributed by atoms with Gasteiger partial charge in [0.2, 0.25) is 34.8 Å². The van der Waals surface area contributed by atoms with Crippen LogP contribution in [0.15, 0.2) is 24.3 Å². The highest BCUT2D eigenvalue weighted by molar-refractivity contribution is 7.52. The van der Waals surface area contributed by atoms with Gasteiger partial charge < -0.3 is 13.8 Å². The van der Waals surface area contributed by atoms with Gasteiger partial charge in [-0.25, -0.2) is 17.7 Å². The van der Waals surface area contributed by atoms with Crippen molar-refractivity contribution in [2.75, 3.05) is 0 Å². The molecule has 0 radical (unpaired) electrons. The highest BCUT2D eigenvalue weighted by Crippen LogP contribution is 2.48. The van der Waals surface area contributed by atoms with Gasteiger partial charge in [0.25, 0.3) is 0 Å². The molecule has 3 rings (SSSR count). The maximum Gasteiger partial charge on any atom is 0.513 e. The first-order valence-corrected chi connectivity index (χ1v) is 12.8. The minimum atomic E-state index is -4.86. The summed E-state index contributed by atoms with van der Waals surface area (Å²) in [6, 6.07) is 5.13. The Morgan fingerprint density at radius 2 is 1.50 bits per heavy atom. The Hall–Kier alpha value is -2.65. The van der Waals surface area contributed by atoms with Gasteiger partial charge in [0, 0.05) is 6.04 Å². The van der Waals surface area contributed by atoms with Crippen molar-refractivity contribution in [3.63, 3.8) is 0 Å². The molecule has 1 saturated carbocycles. The second-order valence-electron chi connectivity index (χ2n) is 9.63. The van der Waals surface area contributed by atoms with Crippen LogP contribution >= 0.6 is 7.75 Å². The molecule has 1 fully saturated rings. The number of carbonyl (C=O) groups excluding carboxylic acids is 1. The fraction of sp³-hybridized carbons (Fsp3) is 0.458. The zero-order valence-electron chi connectivity index (χ0n) is 20.2. The number of rotatable bonds is 9. The van der Waals surface area contributed by atoms with Gasteiger partial charge in [-0.15, -0.1) is 0 Å². The van der Waals surface area contributed by atoms with E-state index in [2.05, 4.69) is 5.09 Å².